The van der Waals surface area contributed by atoms with Gasteiger partial charge in [-0.25, -0.2) is 12.8 Å². The van der Waals surface area contributed by atoms with E-state index in [1.54, 1.807) is 24.3 Å². The number of Topliss-reactive ketones (excluding diaryl/α,β-unsaturated/α-hetero) is 1. The molecule has 2 aromatic rings. The number of hydrogen-bond donors (Lipinski definition) is 1. The van der Waals surface area contributed by atoms with Gasteiger partial charge in [0, 0.05) is 24.3 Å². The number of sulfonamides is 1. The monoisotopic (exact) mass is 390 g/mol. The third kappa shape index (κ3) is 4.73. The van der Waals surface area contributed by atoms with Crippen LogP contribution in [-0.4, -0.2) is 38.1 Å². The van der Waals surface area contributed by atoms with Crippen LogP contribution < -0.4 is 5.32 Å². The maximum atomic E-state index is 12.9. The molecule has 1 fully saturated rings. The van der Waals surface area contributed by atoms with Crippen molar-refractivity contribution in [3.8, 4) is 0 Å². The van der Waals surface area contributed by atoms with Crippen LogP contribution >= 0.6 is 0 Å². The van der Waals surface area contributed by atoms with Gasteiger partial charge in [-0.05, 0) is 55.2 Å². The van der Waals surface area contributed by atoms with Crippen molar-refractivity contribution in [1.29, 1.82) is 0 Å². The number of hydrogen-bond acceptors (Lipinski definition) is 4. The second kappa shape index (κ2) is 8.19. The molecular weight excluding hydrogens is 367 g/mol. The molecule has 2 aromatic carbocycles. The maximum Gasteiger partial charge on any atom is 0.243 e. The Kier molecular flexibility index (Phi) is 5.92. The van der Waals surface area contributed by atoms with E-state index < -0.39 is 10.0 Å². The highest BCUT2D eigenvalue weighted by Gasteiger charge is 2.29. The summed E-state index contributed by atoms with van der Waals surface area (Å²) < 4.78 is 40.2. The van der Waals surface area contributed by atoms with Gasteiger partial charge in [0.1, 0.15) is 5.82 Å². The zero-order valence-electron chi connectivity index (χ0n) is 15.2. The van der Waals surface area contributed by atoms with Crippen LogP contribution in [0.15, 0.2) is 53.4 Å². The molecule has 0 saturated carbocycles. The molecule has 0 aromatic heterocycles. The molecule has 0 amide bonds. The van der Waals surface area contributed by atoms with Gasteiger partial charge in [0.05, 0.1) is 11.4 Å². The highest BCUT2D eigenvalue weighted by Crippen LogP contribution is 2.24. The number of nitrogens with one attached hydrogen (secondary N) is 1. The predicted molar refractivity (Wildman–Crippen MR) is 103 cm³/mol. The topological polar surface area (TPSA) is 66.5 Å². The number of rotatable bonds is 6. The average Bonchev–Trinajstić information content (AvgIpc) is 2.67. The first-order valence-electron chi connectivity index (χ1n) is 8.99. The first kappa shape index (κ1) is 19.5. The van der Waals surface area contributed by atoms with Crippen LogP contribution in [0.4, 0.5) is 10.1 Å². The van der Waals surface area contributed by atoms with Crippen molar-refractivity contribution in [1.82, 2.24) is 4.31 Å². The highest BCUT2D eigenvalue weighted by molar-refractivity contribution is 7.89. The van der Waals surface area contributed by atoms with Crippen molar-refractivity contribution >= 4 is 21.5 Å². The molecule has 5 nitrogen and oxygen atoms in total. The molecule has 144 valence electrons. The Balaban J connectivity index is 1.72. The van der Waals surface area contributed by atoms with Crippen molar-refractivity contribution in [2.24, 2.45) is 5.92 Å². The molecule has 1 N–H and O–H groups in total. The molecule has 1 saturated heterocycles. The zero-order valence-corrected chi connectivity index (χ0v) is 16.0. The van der Waals surface area contributed by atoms with Gasteiger partial charge < -0.3 is 5.32 Å². The van der Waals surface area contributed by atoms with Gasteiger partial charge >= 0.3 is 0 Å². The molecule has 1 aliphatic heterocycles. The summed E-state index contributed by atoms with van der Waals surface area (Å²) in [4.78, 5) is 12.6. The van der Waals surface area contributed by atoms with Crippen molar-refractivity contribution in [3.63, 3.8) is 0 Å². The van der Waals surface area contributed by atoms with E-state index in [2.05, 4.69) is 5.32 Å². The number of anilines is 1. The minimum absolute atomic E-state index is 0.00409. The molecule has 0 radical (unpaired) electrons. The van der Waals surface area contributed by atoms with Gasteiger partial charge in [0.2, 0.25) is 10.0 Å². The number of piperidine rings is 1. The van der Waals surface area contributed by atoms with Gasteiger partial charge in [-0.15, -0.1) is 0 Å². The fraction of sp³-hybridized carbons (Fsp3) is 0.350. The van der Waals surface area contributed by atoms with Gasteiger partial charge in [-0.1, -0.05) is 19.1 Å². The van der Waals surface area contributed by atoms with Crippen LogP contribution in [0.1, 0.15) is 30.1 Å². The van der Waals surface area contributed by atoms with Crippen LogP contribution in [-0.2, 0) is 10.0 Å². The van der Waals surface area contributed by atoms with Crippen LogP contribution in [0.5, 0.6) is 0 Å². The molecule has 1 atom stereocenters. The fourth-order valence-electron chi connectivity index (χ4n) is 3.20. The first-order valence-corrected chi connectivity index (χ1v) is 10.4. The Bertz CT molecular complexity index is 913. The summed E-state index contributed by atoms with van der Waals surface area (Å²) in [7, 11) is -3.60. The second-order valence-electron chi connectivity index (χ2n) is 6.92. The van der Waals surface area contributed by atoms with E-state index in [0.717, 1.165) is 12.8 Å². The molecule has 1 heterocycles. The highest BCUT2D eigenvalue weighted by atomic mass is 32.2. The third-order valence-corrected chi connectivity index (χ3v) is 6.57. The number of nitrogens with zero attached hydrogens (tertiary/aromatic N) is 1. The number of ketones is 1. The van der Waals surface area contributed by atoms with Gasteiger partial charge in [0.25, 0.3) is 0 Å². The van der Waals surface area contributed by atoms with Gasteiger partial charge in [-0.3, -0.25) is 4.79 Å². The van der Waals surface area contributed by atoms with Gasteiger partial charge in [0.15, 0.2) is 5.78 Å². The summed E-state index contributed by atoms with van der Waals surface area (Å²) in [5.41, 5.74) is 0.951. The van der Waals surface area contributed by atoms with E-state index >= 15 is 0 Å². The van der Waals surface area contributed by atoms with E-state index in [4.69, 9.17) is 0 Å². The number of carbonyl (C=O) groups excluding carboxylic acids is 1. The van der Waals surface area contributed by atoms with Crippen LogP contribution in [0.25, 0.3) is 0 Å². The normalized spacial score (nSPS) is 18.2. The molecule has 7 heteroatoms. The first-order chi connectivity index (χ1) is 12.9. The summed E-state index contributed by atoms with van der Waals surface area (Å²) in [6.07, 6.45) is 1.88. The number of carbonyl (C=O) groups is 1. The molecule has 0 spiro atoms. The average molecular weight is 390 g/mol. The molecule has 27 heavy (non-hydrogen) atoms. The minimum Gasteiger partial charge on any atom is -0.378 e. The molecule has 3 rings (SSSR count). The molecule has 1 aliphatic rings. The lowest BCUT2D eigenvalue weighted by Crippen LogP contribution is -2.39. The maximum absolute atomic E-state index is 12.9. The lowest BCUT2D eigenvalue weighted by Gasteiger charge is -2.30. The summed E-state index contributed by atoms with van der Waals surface area (Å²) in [6, 6.07) is 11.8. The minimum atomic E-state index is -3.60. The Morgan fingerprint density at radius 2 is 1.96 bits per heavy atom. The van der Waals surface area contributed by atoms with E-state index in [1.165, 1.54) is 28.6 Å². The van der Waals surface area contributed by atoms with Crippen LogP contribution in [0.2, 0.25) is 0 Å². The van der Waals surface area contributed by atoms with Crippen LogP contribution in [0, 0.1) is 11.7 Å². The second-order valence-corrected chi connectivity index (χ2v) is 8.86. The number of halogens is 1. The predicted octanol–water partition coefficient (Wildman–Crippen LogP) is 3.54. The Labute approximate surface area is 159 Å². The van der Waals surface area contributed by atoms with E-state index in [-0.39, 0.29) is 23.0 Å². The SMILES string of the molecule is CC1CCCN(S(=O)(=O)c2cccc(C(=O)CNc3ccc(F)cc3)c2)C1. The van der Waals surface area contributed by atoms with Crippen molar-refractivity contribution in [3.05, 3.63) is 59.9 Å². The quantitative estimate of drug-likeness (QED) is 0.766. The largest absolute Gasteiger partial charge is 0.378 e. The Morgan fingerprint density at radius 1 is 1.22 bits per heavy atom. The lowest BCUT2D eigenvalue weighted by molar-refractivity contribution is 0.101. The summed E-state index contributed by atoms with van der Waals surface area (Å²) in [5, 5.41) is 2.92. The number of benzene rings is 2. The van der Waals surface area contributed by atoms with E-state index in [1.807, 2.05) is 6.92 Å². The molecule has 1 unspecified atom stereocenters. The summed E-state index contributed by atoms with van der Waals surface area (Å²) in [6.45, 7) is 3.06. The van der Waals surface area contributed by atoms with Crippen molar-refractivity contribution < 1.29 is 17.6 Å². The Hall–Kier alpha value is -2.25. The van der Waals surface area contributed by atoms with Crippen LogP contribution in [0.3, 0.4) is 0 Å². The molecule has 0 bridgehead atoms. The third-order valence-electron chi connectivity index (χ3n) is 4.71. The van der Waals surface area contributed by atoms with Gasteiger partial charge in [-0.2, -0.15) is 4.31 Å². The Morgan fingerprint density at radius 3 is 2.67 bits per heavy atom. The van der Waals surface area contributed by atoms with Crippen molar-refractivity contribution in [2.45, 2.75) is 24.7 Å². The van der Waals surface area contributed by atoms with Crippen molar-refractivity contribution in [2.75, 3.05) is 25.0 Å². The standard InChI is InChI=1S/C20H23FN2O3S/c1-15-4-3-11-23(14-15)27(25,26)19-6-2-5-16(12-19)20(24)13-22-18-9-7-17(21)8-10-18/h2,5-10,12,15,22H,3-4,11,13-14H2,1H3. The molecule has 0 aliphatic carbocycles. The molecular formula is C20H23FN2O3S. The smallest absolute Gasteiger partial charge is 0.243 e. The lowest BCUT2D eigenvalue weighted by atomic mass is 10.0. The summed E-state index contributed by atoms with van der Waals surface area (Å²) >= 11 is 0. The zero-order chi connectivity index (χ0) is 19.4. The fourth-order valence-corrected chi connectivity index (χ4v) is 4.84. The van der Waals surface area contributed by atoms with E-state index in [9.17, 15) is 17.6 Å². The summed E-state index contributed by atoms with van der Waals surface area (Å²) in [5.74, 6) is -0.251. The van der Waals surface area contributed by atoms with E-state index in [0.29, 0.717) is 30.3 Å².